The number of rotatable bonds is 4. The van der Waals surface area contributed by atoms with E-state index in [2.05, 4.69) is 5.32 Å². The summed E-state index contributed by atoms with van der Waals surface area (Å²) in [6.45, 7) is 2.81. The van der Waals surface area contributed by atoms with Gasteiger partial charge in [-0.25, -0.2) is 0 Å². The van der Waals surface area contributed by atoms with Crippen LogP contribution in [-0.2, 0) is 0 Å². The van der Waals surface area contributed by atoms with Gasteiger partial charge >= 0.3 is 0 Å². The molecule has 0 amide bonds. The predicted octanol–water partition coefficient (Wildman–Crippen LogP) is 3.84. The van der Waals surface area contributed by atoms with Crippen LogP contribution in [0.1, 0.15) is 17.5 Å². The minimum Gasteiger partial charge on any atom is -0.453 e. The number of carbonyl (C=O) groups is 1. The molecule has 1 N–H and O–H groups in total. The Labute approximate surface area is 104 Å². The predicted molar refractivity (Wildman–Crippen MR) is 68.7 cm³/mol. The number of anilines is 1. The third-order valence-corrected chi connectivity index (χ3v) is 2.59. The molecule has 0 bridgehead atoms. The lowest BCUT2D eigenvalue weighted by molar-refractivity contribution is 0.110. The Balaban J connectivity index is 2.48. The number of hydrogen-bond acceptors (Lipinski definition) is 3. The van der Waals surface area contributed by atoms with E-state index >= 15 is 0 Å². The number of aldehydes is 1. The van der Waals surface area contributed by atoms with Crippen LogP contribution in [0.15, 0.2) is 34.7 Å². The van der Waals surface area contributed by atoms with Crippen LogP contribution in [0.5, 0.6) is 0 Å². The number of nitrogens with one attached hydrogen (secondary N) is 1. The van der Waals surface area contributed by atoms with Crippen molar-refractivity contribution in [1.82, 2.24) is 0 Å². The summed E-state index contributed by atoms with van der Waals surface area (Å²) in [6, 6.07) is 8.92. The minimum atomic E-state index is 0.308. The highest BCUT2D eigenvalue weighted by Gasteiger charge is 2.09. The zero-order valence-electron chi connectivity index (χ0n) is 9.37. The number of carbonyl (C=O) groups excluding carboxylic acids is 1. The van der Waals surface area contributed by atoms with Gasteiger partial charge in [0.05, 0.1) is 0 Å². The molecule has 0 saturated carbocycles. The fourth-order valence-electron chi connectivity index (χ4n) is 1.63. The normalized spacial score (nSPS) is 10.2. The molecule has 2 rings (SSSR count). The molecule has 0 aliphatic carbocycles. The zero-order chi connectivity index (χ0) is 12.3. The van der Waals surface area contributed by atoms with Crippen molar-refractivity contribution in [2.75, 3.05) is 11.9 Å². The van der Waals surface area contributed by atoms with E-state index in [0.717, 1.165) is 17.8 Å². The fourth-order valence-corrected chi connectivity index (χ4v) is 1.80. The van der Waals surface area contributed by atoms with E-state index in [1.54, 1.807) is 12.1 Å². The molecule has 0 aliphatic rings. The molecule has 88 valence electrons. The van der Waals surface area contributed by atoms with Crippen LogP contribution in [0.25, 0.3) is 11.3 Å². The Morgan fingerprint density at radius 2 is 2.18 bits per heavy atom. The lowest BCUT2D eigenvalue weighted by Crippen LogP contribution is -1.98. The summed E-state index contributed by atoms with van der Waals surface area (Å²) in [7, 11) is 0. The van der Waals surface area contributed by atoms with Gasteiger partial charge in [-0.15, -0.1) is 0 Å². The Hall–Kier alpha value is -1.74. The Kier molecular flexibility index (Phi) is 3.49. The molecule has 2 aromatic rings. The van der Waals surface area contributed by atoms with E-state index in [9.17, 15) is 4.79 Å². The van der Waals surface area contributed by atoms with Gasteiger partial charge in [-0.05, 0) is 37.3 Å². The van der Waals surface area contributed by atoms with Crippen LogP contribution in [0, 0.1) is 0 Å². The van der Waals surface area contributed by atoms with E-state index in [0.29, 0.717) is 22.8 Å². The lowest BCUT2D eigenvalue weighted by atomic mass is 10.1. The quantitative estimate of drug-likeness (QED) is 0.837. The first-order chi connectivity index (χ1) is 8.24. The summed E-state index contributed by atoms with van der Waals surface area (Å²) in [4.78, 5) is 10.6. The summed E-state index contributed by atoms with van der Waals surface area (Å²) in [5.74, 6) is 0.938. The highest BCUT2D eigenvalue weighted by atomic mass is 35.5. The second-order valence-electron chi connectivity index (χ2n) is 3.54. The molecule has 0 saturated heterocycles. The SMILES string of the molecule is CCNc1ccc(Cl)cc1-c1ccc(C=O)o1. The maximum Gasteiger partial charge on any atom is 0.185 e. The highest BCUT2D eigenvalue weighted by Crippen LogP contribution is 2.31. The van der Waals surface area contributed by atoms with Gasteiger partial charge in [-0.3, -0.25) is 4.79 Å². The van der Waals surface area contributed by atoms with Gasteiger partial charge < -0.3 is 9.73 Å². The summed E-state index contributed by atoms with van der Waals surface area (Å²) < 4.78 is 5.39. The fraction of sp³-hybridized carbons (Fsp3) is 0.154. The van der Waals surface area contributed by atoms with Crippen LogP contribution in [-0.4, -0.2) is 12.8 Å². The van der Waals surface area contributed by atoms with Crippen molar-refractivity contribution in [1.29, 1.82) is 0 Å². The van der Waals surface area contributed by atoms with Gasteiger partial charge in [0.15, 0.2) is 12.0 Å². The summed E-state index contributed by atoms with van der Waals surface area (Å²) in [5.41, 5.74) is 1.79. The largest absolute Gasteiger partial charge is 0.453 e. The number of hydrogen-bond donors (Lipinski definition) is 1. The van der Waals surface area contributed by atoms with Gasteiger partial charge in [0, 0.05) is 22.8 Å². The molecule has 0 fully saturated rings. The lowest BCUT2D eigenvalue weighted by Gasteiger charge is -2.09. The zero-order valence-corrected chi connectivity index (χ0v) is 10.1. The molecule has 0 aliphatic heterocycles. The second-order valence-corrected chi connectivity index (χ2v) is 3.98. The van der Waals surface area contributed by atoms with E-state index in [-0.39, 0.29) is 0 Å². The van der Waals surface area contributed by atoms with Crippen LogP contribution in [0.4, 0.5) is 5.69 Å². The molecule has 0 atom stereocenters. The summed E-state index contributed by atoms with van der Waals surface area (Å²) in [6.07, 6.45) is 0.682. The maximum atomic E-state index is 10.6. The molecular formula is C13H12ClNO2. The van der Waals surface area contributed by atoms with E-state index in [1.165, 1.54) is 0 Å². The molecular weight excluding hydrogens is 238 g/mol. The van der Waals surface area contributed by atoms with Crippen molar-refractivity contribution < 1.29 is 9.21 Å². The number of halogens is 1. The van der Waals surface area contributed by atoms with Crippen LogP contribution in [0.3, 0.4) is 0 Å². The van der Waals surface area contributed by atoms with Gasteiger partial charge in [-0.2, -0.15) is 0 Å². The summed E-state index contributed by atoms with van der Waals surface area (Å²) in [5, 5.41) is 3.85. The Morgan fingerprint density at radius 3 is 2.82 bits per heavy atom. The molecule has 0 spiro atoms. The first-order valence-electron chi connectivity index (χ1n) is 5.33. The second kappa shape index (κ2) is 5.06. The average Bonchev–Trinajstić information content (AvgIpc) is 2.80. The van der Waals surface area contributed by atoms with Gasteiger partial charge in [-0.1, -0.05) is 11.6 Å². The standard InChI is InChI=1S/C13H12ClNO2/c1-2-15-12-5-3-9(14)7-11(12)13-6-4-10(8-16)17-13/h3-8,15H,2H2,1H3. The highest BCUT2D eigenvalue weighted by molar-refractivity contribution is 6.31. The van der Waals surface area contributed by atoms with Crippen LogP contribution < -0.4 is 5.32 Å². The van der Waals surface area contributed by atoms with E-state index in [1.807, 2.05) is 25.1 Å². The smallest absolute Gasteiger partial charge is 0.185 e. The topological polar surface area (TPSA) is 42.2 Å². The van der Waals surface area contributed by atoms with Crippen LogP contribution >= 0.6 is 11.6 Å². The van der Waals surface area contributed by atoms with Crippen LogP contribution in [0.2, 0.25) is 5.02 Å². The molecule has 0 radical (unpaired) electrons. The monoisotopic (exact) mass is 249 g/mol. The molecule has 1 heterocycles. The third-order valence-electron chi connectivity index (χ3n) is 2.36. The van der Waals surface area contributed by atoms with Crippen molar-refractivity contribution in [3.63, 3.8) is 0 Å². The van der Waals surface area contributed by atoms with Crippen molar-refractivity contribution in [2.45, 2.75) is 6.92 Å². The van der Waals surface area contributed by atoms with Gasteiger partial charge in [0.25, 0.3) is 0 Å². The van der Waals surface area contributed by atoms with Crippen molar-refractivity contribution >= 4 is 23.6 Å². The Bertz CT molecular complexity index is 534. The molecule has 1 aromatic heterocycles. The van der Waals surface area contributed by atoms with E-state index < -0.39 is 0 Å². The van der Waals surface area contributed by atoms with Crippen molar-refractivity contribution in [3.8, 4) is 11.3 Å². The van der Waals surface area contributed by atoms with Crippen molar-refractivity contribution in [2.24, 2.45) is 0 Å². The number of furan rings is 1. The average molecular weight is 250 g/mol. The number of benzene rings is 1. The first-order valence-corrected chi connectivity index (χ1v) is 5.71. The molecule has 1 aromatic carbocycles. The molecule has 17 heavy (non-hydrogen) atoms. The molecule has 4 heteroatoms. The third kappa shape index (κ3) is 2.50. The Morgan fingerprint density at radius 1 is 1.35 bits per heavy atom. The van der Waals surface area contributed by atoms with Crippen molar-refractivity contribution in [3.05, 3.63) is 41.1 Å². The van der Waals surface area contributed by atoms with Gasteiger partial charge in [0.2, 0.25) is 0 Å². The molecule has 3 nitrogen and oxygen atoms in total. The molecule has 0 unspecified atom stereocenters. The van der Waals surface area contributed by atoms with Gasteiger partial charge in [0.1, 0.15) is 5.76 Å². The summed E-state index contributed by atoms with van der Waals surface area (Å²) >= 11 is 5.97. The van der Waals surface area contributed by atoms with E-state index in [4.69, 9.17) is 16.0 Å². The first kappa shape index (κ1) is 11.7. The maximum absolute atomic E-state index is 10.6. The minimum absolute atomic E-state index is 0.308.